The van der Waals surface area contributed by atoms with E-state index in [-0.39, 0.29) is 6.42 Å². The summed E-state index contributed by atoms with van der Waals surface area (Å²) in [6, 6.07) is 13.3. The van der Waals surface area contributed by atoms with Crippen molar-refractivity contribution in [1.29, 1.82) is 0 Å². The Morgan fingerprint density at radius 3 is 1.83 bits per heavy atom. The fourth-order valence-electron chi connectivity index (χ4n) is 3.37. The smallest absolute Gasteiger partial charge is 0.219 e. The number of sulfone groups is 2. The lowest BCUT2D eigenvalue weighted by Gasteiger charge is -2.39. The van der Waals surface area contributed by atoms with Crippen LogP contribution in [0.15, 0.2) is 106 Å². The van der Waals surface area contributed by atoms with Crippen molar-refractivity contribution in [1.82, 2.24) is 0 Å². The Bertz CT molecular complexity index is 1150. The number of rotatable bonds is 6. The van der Waals surface area contributed by atoms with Crippen molar-refractivity contribution in [2.45, 2.75) is 32.3 Å². The van der Waals surface area contributed by atoms with Crippen LogP contribution in [0, 0.1) is 0 Å². The summed E-state index contributed by atoms with van der Waals surface area (Å²) in [6.07, 6.45) is 7.09. The van der Waals surface area contributed by atoms with Gasteiger partial charge in [-0.05, 0) is 36.8 Å². The molecule has 0 spiro atoms. The van der Waals surface area contributed by atoms with Crippen molar-refractivity contribution < 1.29 is 21.2 Å². The summed E-state index contributed by atoms with van der Waals surface area (Å²) in [6.45, 7) is 1.74. The van der Waals surface area contributed by atoms with Crippen LogP contribution in [0.5, 0.6) is 0 Å². The maximum atomic E-state index is 17.0. The molecule has 0 amide bonds. The van der Waals surface area contributed by atoms with Crippen molar-refractivity contribution in [3.63, 3.8) is 0 Å². The molecule has 8 heteroatoms. The van der Waals surface area contributed by atoms with Gasteiger partial charge in [-0.3, -0.25) is 0 Å². The molecule has 0 aliphatic heterocycles. The second-order valence-electron chi connectivity index (χ2n) is 6.81. The Hall–Kier alpha value is -2.22. The molecule has 30 heavy (non-hydrogen) atoms. The topological polar surface area (TPSA) is 68.3 Å². The molecule has 0 saturated heterocycles. The summed E-state index contributed by atoms with van der Waals surface area (Å²) in [5.41, 5.74) is 0.503. The Balaban J connectivity index is 2.34. The molecule has 0 heterocycles. The van der Waals surface area contributed by atoms with Crippen LogP contribution in [-0.2, 0) is 19.7 Å². The van der Waals surface area contributed by atoms with Crippen LogP contribution in [0.1, 0.15) is 13.3 Å². The zero-order chi connectivity index (χ0) is 22.0. The maximum Gasteiger partial charge on any atom is 0.340 e. The van der Waals surface area contributed by atoms with Crippen LogP contribution in [-0.4, -0.2) is 26.0 Å². The lowest BCUT2D eigenvalue weighted by molar-refractivity contribution is 0.304. The van der Waals surface area contributed by atoms with E-state index < -0.39 is 38.7 Å². The first-order valence-electron chi connectivity index (χ1n) is 9.08. The summed E-state index contributed by atoms with van der Waals surface area (Å²) in [5.74, 6) is 0. The molecule has 4 nitrogen and oxygen atoms in total. The minimum Gasteiger partial charge on any atom is -0.219 e. The molecule has 0 aromatic heterocycles. The zero-order valence-corrected chi connectivity index (χ0v) is 18.5. The molecule has 1 aliphatic carbocycles. The first-order chi connectivity index (χ1) is 14.1. The molecule has 0 saturated carbocycles. The minimum atomic E-state index is -5.09. The molecule has 0 N–H and O–H groups in total. The number of allylic oxidation sites excluding steroid dienone is 6. The third-order valence-electron chi connectivity index (χ3n) is 4.81. The molecule has 0 fully saturated rings. The average Bonchev–Trinajstić information content (AvgIpc) is 2.74. The van der Waals surface area contributed by atoms with Gasteiger partial charge in [0.25, 0.3) is 0 Å². The number of benzene rings is 2. The highest BCUT2D eigenvalue weighted by Crippen LogP contribution is 2.52. The number of hydrogen-bond acceptors (Lipinski definition) is 4. The SMILES string of the molecule is CC=CC1=CC=CC(Cl)(C(F)(S(=O)(=O)c2ccccc2)S(=O)(=O)c2ccccc2)C1. The van der Waals surface area contributed by atoms with E-state index >= 15 is 4.39 Å². The molecule has 0 bridgehead atoms. The van der Waals surface area contributed by atoms with Gasteiger partial charge < -0.3 is 0 Å². The summed E-state index contributed by atoms with van der Waals surface area (Å²) in [5, 5.41) is 0. The van der Waals surface area contributed by atoms with Crippen LogP contribution in [0.3, 0.4) is 0 Å². The van der Waals surface area contributed by atoms with E-state index in [2.05, 4.69) is 0 Å². The second kappa shape index (κ2) is 8.13. The van der Waals surface area contributed by atoms with Crippen LogP contribution in [0.4, 0.5) is 4.39 Å². The fraction of sp³-hybridized carbons (Fsp3) is 0.182. The van der Waals surface area contributed by atoms with Gasteiger partial charge in [-0.15, -0.1) is 11.6 Å². The van der Waals surface area contributed by atoms with Crippen molar-refractivity contribution in [2.24, 2.45) is 0 Å². The molecular formula is C22H20ClFO4S2. The Morgan fingerprint density at radius 2 is 1.40 bits per heavy atom. The van der Waals surface area contributed by atoms with Crippen molar-refractivity contribution >= 4 is 31.3 Å². The van der Waals surface area contributed by atoms with Gasteiger partial charge in [0.05, 0.1) is 9.79 Å². The third kappa shape index (κ3) is 3.45. The fourth-order valence-corrected chi connectivity index (χ4v) is 8.75. The van der Waals surface area contributed by atoms with Crippen LogP contribution >= 0.6 is 11.6 Å². The van der Waals surface area contributed by atoms with Crippen LogP contribution in [0.25, 0.3) is 0 Å². The molecule has 0 radical (unpaired) electrons. The second-order valence-corrected chi connectivity index (χ2v) is 11.8. The molecule has 2 aromatic rings. The van der Waals surface area contributed by atoms with Gasteiger partial charge in [-0.25, -0.2) is 21.2 Å². The monoisotopic (exact) mass is 466 g/mol. The number of alkyl halides is 2. The summed E-state index contributed by atoms with van der Waals surface area (Å²) >= 11 is 6.59. The Morgan fingerprint density at radius 1 is 0.933 bits per heavy atom. The minimum absolute atomic E-state index is 0.329. The molecule has 2 aromatic carbocycles. The first kappa shape index (κ1) is 22.5. The quantitative estimate of drug-likeness (QED) is 0.562. The lowest BCUT2D eigenvalue weighted by Crippen LogP contribution is -2.57. The van der Waals surface area contributed by atoms with E-state index in [4.69, 9.17) is 11.6 Å². The predicted octanol–water partition coefficient (Wildman–Crippen LogP) is 5.00. The molecular weight excluding hydrogens is 447 g/mol. The van der Waals surface area contributed by atoms with Crippen molar-refractivity contribution in [3.05, 3.63) is 96.6 Å². The van der Waals surface area contributed by atoms with E-state index in [9.17, 15) is 16.8 Å². The van der Waals surface area contributed by atoms with Gasteiger partial charge in [0.2, 0.25) is 19.7 Å². The maximum absolute atomic E-state index is 17.0. The van der Waals surface area contributed by atoms with Gasteiger partial charge in [0.15, 0.2) is 0 Å². The normalized spacial score (nSPS) is 20.3. The molecule has 1 aliphatic rings. The van der Waals surface area contributed by atoms with Crippen LogP contribution in [0.2, 0.25) is 0 Å². The standard InChI is InChI=1S/C22H20ClFO4S2/c1-2-10-18-11-9-16-21(23,17-18)22(24,29(25,26)19-12-5-3-6-13-19)30(27,28)20-14-7-4-8-15-20/h2-16H,17H2,1H3. The van der Waals surface area contributed by atoms with Gasteiger partial charge in [-0.1, -0.05) is 66.8 Å². The zero-order valence-electron chi connectivity index (χ0n) is 16.1. The van der Waals surface area contributed by atoms with Crippen molar-refractivity contribution in [2.75, 3.05) is 0 Å². The van der Waals surface area contributed by atoms with Gasteiger partial charge in [0.1, 0.15) is 4.87 Å². The summed E-state index contributed by atoms with van der Waals surface area (Å²) in [4.78, 5) is -3.33. The third-order valence-corrected chi connectivity index (χ3v) is 10.8. The molecule has 158 valence electrons. The van der Waals surface area contributed by atoms with E-state index in [1.807, 2.05) is 0 Å². The highest BCUT2D eigenvalue weighted by molar-refractivity contribution is 8.10. The molecule has 1 atom stereocenters. The predicted molar refractivity (Wildman–Crippen MR) is 116 cm³/mol. The van der Waals surface area contributed by atoms with Gasteiger partial charge in [-0.2, -0.15) is 0 Å². The Kier molecular flexibility index (Phi) is 6.09. The number of hydrogen-bond donors (Lipinski definition) is 0. The van der Waals surface area contributed by atoms with E-state index in [1.54, 1.807) is 37.3 Å². The summed E-state index contributed by atoms with van der Waals surface area (Å²) < 4.78 is 67.3. The van der Waals surface area contributed by atoms with E-state index in [1.165, 1.54) is 30.3 Å². The number of halogens is 2. The summed E-state index contributed by atoms with van der Waals surface area (Å²) in [7, 11) is -10.2. The van der Waals surface area contributed by atoms with Crippen molar-refractivity contribution in [3.8, 4) is 0 Å². The van der Waals surface area contributed by atoms with Gasteiger partial charge >= 0.3 is 4.33 Å². The lowest BCUT2D eigenvalue weighted by atomic mass is 9.93. The van der Waals surface area contributed by atoms with E-state index in [0.717, 1.165) is 30.3 Å². The first-order valence-corrected chi connectivity index (χ1v) is 12.4. The largest absolute Gasteiger partial charge is 0.340 e. The molecule has 3 rings (SSSR count). The molecule has 1 unspecified atom stereocenters. The average molecular weight is 467 g/mol. The highest BCUT2D eigenvalue weighted by Gasteiger charge is 2.69. The van der Waals surface area contributed by atoms with Gasteiger partial charge in [0, 0.05) is 6.42 Å². The van der Waals surface area contributed by atoms with E-state index in [0.29, 0.717) is 5.57 Å². The highest BCUT2D eigenvalue weighted by atomic mass is 35.5. The Labute approximate surface area is 181 Å². The van der Waals surface area contributed by atoms with Crippen LogP contribution < -0.4 is 0 Å².